The van der Waals surface area contributed by atoms with Crippen molar-refractivity contribution < 1.29 is 14.3 Å². The van der Waals surface area contributed by atoms with Crippen molar-refractivity contribution in [2.45, 2.75) is 13.8 Å². The predicted molar refractivity (Wildman–Crippen MR) is 116 cm³/mol. The lowest BCUT2D eigenvalue weighted by molar-refractivity contribution is 0.102. The SMILES string of the molecule is CC(C)COc1ccc(C(=O)Nc2ccc(Cl)cc2C(=O)c2ccccc2)cc1. The molecule has 0 aromatic heterocycles. The molecule has 0 unspecified atom stereocenters. The van der Waals surface area contributed by atoms with Crippen molar-refractivity contribution in [3.63, 3.8) is 0 Å². The first kappa shape index (κ1) is 20.6. The molecule has 1 amide bonds. The summed E-state index contributed by atoms with van der Waals surface area (Å²) in [6.45, 7) is 4.76. The Balaban J connectivity index is 1.79. The van der Waals surface area contributed by atoms with Crippen LogP contribution in [0.4, 0.5) is 5.69 Å². The van der Waals surface area contributed by atoms with E-state index in [4.69, 9.17) is 16.3 Å². The van der Waals surface area contributed by atoms with Gasteiger partial charge in [-0.1, -0.05) is 55.8 Å². The molecule has 29 heavy (non-hydrogen) atoms. The van der Waals surface area contributed by atoms with E-state index >= 15 is 0 Å². The Morgan fingerprint density at radius 3 is 2.28 bits per heavy atom. The van der Waals surface area contributed by atoms with Gasteiger partial charge in [0.15, 0.2) is 5.78 Å². The summed E-state index contributed by atoms with van der Waals surface area (Å²) in [5.74, 6) is 0.607. The Kier molecular flexibility index (Phi) is 6.68. The fourth-order valence-corrected chi connectivity index (χ4v) is 2.89. The van der Waals surface area contributed by atoms with E-state index in [1.165, 1.54) is 0 Å². The number of benzene rings is 3. The number of nitrogens with one attached hydrogen (secondary N) is 1. The van der Waals surface area contributed by atoms with Crippen LogP contribution in [0.3, 0.4) is 0 Å². The third kappa shape index (κ3) is 5.46. The van der Waals surface area contributed by atoms with Crippen molar-refractivity contribution in [3.8, 4) is 5.75 Å². The van der Waals surface area contributed by atoms with E-state index in [2.05, 4.69) is 19.2 Å². The summed E-state index contributed by atoms with van der Waals surface area (Å²) in [5.41, 5.74) is 1.74. The molecule has 3 rings (SSSR count). The summed E-state index contributed by atoms with van der Waals surface area (Å²) < 4.78 is 5.64. The second-order valence-corrected chi connectivity index (χ2v) is 7.50. The van der Waals surface area contributed by atoms with E-state index in [-0.39, 0.29) is 11.7 Å². The topological polar surface area (TPSA) is 55.4 Å². The van der Waals surface area contributed by atoms with Crippen LogP contribution in [0, 0.1) is 5.92 Å². The summed E-state index contributed by atoms with van der Waals surface area (Å²) in [6.07, 6.45) is 0. The Morgan fingerprint density at radius 2 is 1.62 bits per heavy atom. The van der Waals surface area contributed by atoms with Gasteiger partial charge < -0.3 is 10.1 Å². The zero-order valence-corrected chi connectivity index (χ0v) is 17.1. The molecule has 0 heterocycles. The van der Waals surface area contributed by atoms with Crippen LogP contribution < -0.4 is 10.1 Å². The van der Waals surface area contributed by atoms with Crippen molar-refractivity contribution >= 4 is 29.0 Å². The molecule has 0 aliphatic heterocycles. The van der Waals surface area contributed by atoms with Crippen LogP contribution in [-0.4, -0.2) is 18.3 Å². The van der Waals surface area contributed by atoms with Gasteiger partial charge in [0.2, 0.25) is 0 Å². The maximum absolute atomic E-state index is 12.9. The molecule has 0 bridgehead atoms. The van der Waals surface area contributed by atoms with Gasteiger partial charge in [-0.25, -0.2) is 0 Å². The number of anilines is 1. The average molecular weight is 408 g/mol. The number of rotatable bonds is 7. The van der Waals surface area contributed by atoms with Gasteiger partial charge in [-0.3, -0.25) is 9.59 Å². The first-order chi connectivity index (χ1) is 13.9. The van der Waals surface area contributed by atoms with Crippen LogP contribution >= 0.6 is 11.6 Å². The molecule has 0 fully saturated rings. The number of hydrogen-bond donors (Lipinski definition) is 1. The quantitative estimate of drug-likeness (QED) is 0.499. The van der Waals surface area contributed by atoms with E-state index < -0.39 is 0 Å². The van der Waals surface area contributed by atoms with Crippen LogP contribution in [0.25, 0.3) is 0 Å². The molecule has 0 radical (unpaired) electrons. The highest BCUT2D eigenvalue weighted by Gasteiger charge is 2.16. The average Bonchev–Trinajstić information content (AvgIpc) is 2.74. The highest BCUT2D eigenvalue weighted by molar-refractivity contribution is 6.31. The number of ether oxygens (including phenoxy) is 1. The molecule has 3 aromatic carbocycles. The zero-order chi connectivity index (χ0) is 20.8. The molecule has 0 saturated heterocycles. The summed E-state index contributed by atoms with van der Waals surface area (Å²) in [4.78, 5) is 25.6. The van der Waals surface area contributed by atoms with Crippen molar-refractivity contribution in [2.24, 2.45) is 5.92 Å². The second kappa shape index (κ2) is 9.39. The molecule has 4 nitrogen and oxygen atoms in total. The fraction of sp³-hybridized carbons (Fsp3) is 0.167. The van der Waals surface area contributed by atoms with Crippen molar-refractivity contribution in [3.05, 3.63) is 94.5 Å². The highest BCUT2D eigenvalue weighted by atomic mass is 35.5. The van der Waals surface area contributed by atoms with Crippen LogP contribution in [0.5, 0.6) is 5.75 Å². The van der Waals surface area contributed by atoms with E-state index in [1.807, 2.05) is 6.07 Å². The molecular weight excluding hydrogens is 386 g/mol. The van der Waals surface area contributed by atoms with Gasteiger partial charge in [0.1, 0.15) is 5.75 Å². The minimum Gasteiger partial charge on any atom is -0.493 e. The third-order valence-corrected chi connectivity index (χ3v) is 4.45. The van der Waals surface area contributed by atoms with E-state index in [0.29, 0.717) is 45.7 Å². The second-order valence-electron chi connectivity index (χ2n) is 7.07. The summed E-state index contributed by atoms with van der Waals surface area (Å²) >= 11 is 6.09. The highest BCUT2D eigenvalue weighted by Crippen LogP contribution is 2.24. The number of amides is 1. The van der Waals surface area contributed by atoms with E-state index in [0.717, 1.165) is 0 Å². The van der Waals surface area contributed by atoms with E-state index in [9.17, 15) is 9.59 Å². The molecule has 148 valence electrons. The van der Waals surface area contributed by atoms with Crippen molar-refractivity contribution in [1.82, 2.24) is 0 Å². The van der Waals surface area contributed by atoms with Crippen LogP contribution in [0.2, 0.25) is 5.02 Å². The summed E-state index contributed by atoms with van der Waals surface area (Å²) in [7, 11) is 0. The smallest absolute Gasteiger partial charge is 0.255 e. The number of hydrogen-bond acceptors (Lipinski definition) is 3. The summed E-state index contributed by atoms with van der Waals surface area (Å²) in [6, 6.07) is 20.6. The van der Waals surface area contributed by atoms with Gasteiger partial charge in [0, 0.05) is 21.7 Å². The Hall–Kier alpha value is -3.11. The lowest BCUT2D eigenvalue weighted by Gasteiger charge is -2.12. The maximum Gasteiger partial charge on any atom is 0.255 e. The number of ketones is 1. The van der Waals surface area contributed by atoms with E-state index in [1.54, 1.807) is 66.7 Å². The largest absolute Gasteiger partial charge is 0.493 e. The van der Waals surface area contributed by atoms with Gasteiger partial charge >= 0.3 is 0 Å². The van der Waals surface area contributed by atoms with Gasteiger partial charge in [0.25, 0.3) is 5.91 Å². The monoisotopic (exact) mass is 407 g/mol. The van der Waals surface area contributed by atoms with Crippen molar-refractivity contribution in [1.29, 1.82) is 0 Å². The predicted octanol–water partition coefficient (Wildman–Crippen LogP) is 5.86. The summed E-state index contributed by atoms with van der Waals surface area (Å²) in [5, 5.41) is 3.24. The number of carbonyl (C=O) groups excluding carboxylic acids is 2. The van der Waals surface area contributed by atoms with Gasteiger partial charge in [-0.05, 0) is 48.4 Å². The molecule has 0 aliphatic rings. The minimum atomic E-state index is -0.315. The zero-order valence-electron chi connectivity index (χ0n) is 16.3. The third-order valence-electron chi connectivity index (χ3n) is 4.21. The molecule has 0 aliphatic carbocycles. The number of carbonyl (C=O) groups is 2. The van der Waals surface area contributed by atoms with Gasteiger partial charge in [-0.2, -0.15) is 0 Å². The normalized spacial score (nSPS) is 10.6. The standard InChI is InChI=1S/C24H22ClNO3/c1-16(2)15-29-20-11-8-18(9-12-20)24(28)26-22-13-10-19(25)14-21(22)23(27)17-6-4-3-5-7-17/h3-14,16H,15H2,1-2H3,(H,26,28). The van der Waals surface area contributed by atoms with Crippen LogP contribution in [-0.2, 0) is 0 Å². The van der Waals surface area contributed by atoms with Crippen LogP contribution in [0.15, 0.2) is 72.8 Å². The molecule has 0 saturated carbocycles. The Labute approximate surface area is 175 Å². The Morgan fingerprint density at radius 1 is 0.931 bits per heavy atom. The minimum absolute atomic E-state index is 0.208. The lowest BCUT2D eigenvalue weighted by atomic mass is 10.0. The fourth-order valence-electron chi connectivity index (χ4n) is 2.72. The molecule has 1 N–H and O–H groups in total. The Bertz CT molecular complexity index is 998. The molecule has 0 spiro atoms. The first-order valence-electron chi connectivity index (χ1n) is 9.37. The van der Waals surface area contributed by atoms with Crippen LogP contribution in [0.1, 0.15) is 40.1 Å². The number of halogens is 1. The van der Waals surface area contributed by atoms with Crippen molar-refractivity contribution in [2.75, 3.05) is 11.9 Å². The van der Waals surface area contributed by atoms with Gasteiger partial charge in [-0.15, -0.1) is 0 Å². The van der Waals surface area contributed by atoms with Gasteiger partial charge in [0.05, 0.1) is 12.3 Å². The lowest BCUT2D eigenvalue weighted by Crippen LogP contribution is -2.15. The molecule has 0 atom stereocenters. The maximum atomic E-state index is 12.9. The molecule has 3 aromatic rings. The molecule has 5 heteroatoms. The first-order valence-corrected chi connectivity index (χ1v) is 9.75. The molecular formula is C24H22ClNO3.